The molecule has 0 bridgehead atoms. The van der Waals surface area contributed by atoms with Gasteiger partial charge in [-0.15, -0.1) is 0 Å². The van der Waals surface area contributed by atoms with Crippen LogP contribution in [0.5, 0.6) is 0 Å². The second-order valence-corrected chi connectivity index (χ2v) is 9.31. The number of aromatic nitrogens is 4. The summed E-state index contributed by atoms with van der Waals surface area (Å²) in [6, 6.07) is 8.19. The first-order valence-corrected chi connectivity index (χ1v) is 12.0. The number of fused-ring (bicyclic) bond motifs is 2. The van der Waals surface area contributed by atoms with Gasteiger partial charge in [-0.25, -0.2) is 14.3 Å². The summed E-state index contributed by atoms with van der Waals surface area (Å²) in [5, 5.41) is 19.0. The Kier molecular flexibility index (Phi) is 6.47. The number of oxazole rings is 1. The minimum absolute atomic E-state index is 0.0666. The lowest BCUT2D eigenvalue weighted by Crippen LogP contribution is -2.34. The van der Waals surface area contributed by atoms with Crippen molar-refractivity contribution in [2.45, 2.75) is 32.2 Å². The molecule has 0 aliphatic heterocycles. The second kappa shape index (κ2) is 9.88. The van der Waals surface area contributed by atoms with Crippen molar-refractivity contribution in [1.82, 2.24) is 29.8 Å². The molecule has 12 nitrogen and oxygen atoms in total. The fourth-order valence-electron chi connectivity index (χ4n) is 4.69. The Morgan fingerprint density at radius 2 is 1.86 bits per heavy atom. The van der Waals surface area contributed by atoms with Crippen LogP contribution in [0.1, 0.15) is 52.2 Å². The van der Waals surface area contributed by atoms with Crippen molar-refractivity contribution in [3.8, 4) is 0 Å². The normalized spacial score (nSPS) is 17.6. The van der Waals surface area contributed by atoms with E-state index in [1.54, 1.807) is 31.3 Å². The van der Waals surface area contributed by atoms with Gasteiger partial charge in [0.1, 0.15) is 11.4 Å². The highest BCUT2D eigenvalue weighted by Crippen LogP contribution is 2.28. The number of amides is 2. The SMILES string of the molecule is Cn1c(=O)oc2ccc(CNC(=O)c3cc(C(=O)NCC4CCC(C(=O)O)CC4)n4nccc4n3)cc21. The average Bonchev–Trinajstić information content (AvgIpc) is 3.49. The van der Waals surface area contributed by atoms with Crippen molar-refractivity contribution in [2.75, 3.05) is 6.54 Å². The fraction of sp³-hybridized carbons (Fsp3) is 0.360. The van der Waals surface area contributed by atoms with Gasteiger partial charge in [-0.05, 0) is 49.3 Å². The molecule has 1 fully saturated rings. The molecular formula is C25H26N6O6. The van der Waals surface area contributed by atoms with Gasteiger partial charge >= 0.3 is 11.7 Å². The van der Waals surface area contributed by atoms with Gasteiger partial charge in [0, 0.05) is 32.3 Å². The van der Waals surface area contributed by atoms with Crippen LogP contribution in [0.2, 0.25) is 0 Å². The lowest BCUT2D eigenvalue weighted by Gasteiger charge is -2.26. The summed E-state index contributed by atoms with van der Waals surface area (Å²) in [4.78, 5) is 53.1. The summed E-state index contributed by atoms with van der Waals surface area (Å²) < 4.78 is 7.89. The lowest BCUT2D eigenvalue weighted by atomic mass is 9.82. The van der Waals surface area contributed by atoms with E-state index in [-0.39, 0.29) is 29.8 Å². The predicted octanol–water partition coefficient (Wildman–Crippen LogP) is 1.72. The molecule has 3 aromatic heterocycles. The Labute approximate surface area is 210 Å². The zero-order chi connectivity index (χ0) is 26.1. The van der Waals surface area contributed by atoms with Crippen molar-refractivity contribution in [2.24, 2.45) is 18.9 Å². The first kappa shape index (κ1) is 24.2. The maximum atomic E-state index is 13.0. The molecule has 0 saturated heterocycles. The molecule has 2 amide bonds. The number of carbonyl (C=O) groups excluding carboxylic acids is 2. The van der Waals surface area contributed by atoms with E-state index in [1.807, 2.05) is 0 Å². The average molecular weight is 507 g/mol. The quantitative estimate of drug-likeness (QED) is 0.341. The van der Waals surface area contributed by atoms with Crippen LogP contribution >= 0.6 is 0 Å². The molecule has 0 atom stereocenters. The van der Waals surface area contributed by atoms with Gasteiger partial charge in [-0.3, -0.25) is 19.0 Å². The Bertz CT molecular complexity index is 1560. The van der Waals surface area contributed by atoms with E-state index in [0.717, 1.165) is 18.4 Å². The van der Waals surface area contributed by atoms with Gasteiger partial charge in [0.15, 0.2) is 11.2 Å². The zero-order valence-corrected chi connectivity index (χ0v) is 20.1. The minimum atomic E-state index is -0.765. The highest BCUT2D eigenvalue weighted by molar-refractivity contribution is 5.98. The van der Waals surface area contributed by atoms with Gasteiger partial charge in [0.25, 0.3) is 11.8 Å². The van der Waals surface area contributed by atoms with Gasteiger partial charge < -0.3 is 20.2 Å². The molecule has 0 radical (unpaired) electrons. The maximum Gasteiger partial charge on any atom is 0.419 e. The van der Waals surface area contributed by atoms with Gasteiger partial charge in [-0.2, -0.15) is 5.10 Å². The third-order valence-corrected chi connectivity index (χ3v) is 6.88. The summed E-state index contributed by atoms with van der Waals surface area (Å²) in [5.41, 5.74) is 2.44. The number of hydrogen-bond donors (Lipinski definition) is 3. The van der Waals surface area contributed by atoms with E-state index in [9.17, 15) is 19.2 Å². The van der Waals surface area contributed by atoms with Crippen LogP contribution in [0.4, 0.5) is 0 Å². The van der Waals surface area contributed by atoms with E-state index in [0.29, 0.717) is 36.1 Å². The molecule has 192 valence electrons. The highest BCUT2D eigenvalue weighted by Gasteiger charge is 2.26. The molecule has 3 heterocycles. The van der Waals surface area contributed by atoms with E-state index in [1.165, 1.54) is 21.3 Å². The Morgan fingerprint density at radius 3 is 2.62 bits per heavy atom. The molecule has 1 saturated carbocycles. The zero-order valence-electron chi connectivity index (χ0n) is 20.1. The van der Waals surface area contributed by atoms with Crippen LogP contribution in [0.25, 0.3) is 16.7 Å². The van der Waals surface area contributed by atoms with Crippen LogP contribution in [0, 0.1) is 11.8 Å². The number of nitrogens with zero attached hydrogens (tertiary/aromatic N) is 4. The minimum Gasteiger partial charge on any atom is -0.481 e. The van der Waals surface area contributed by atoms with E-state index in [2.05, 4.69) is 20.7 Å². The van der Waals surface area contributed by atoms with Gasteiger partial charge in [-0.1, -0.05) is 6.07 Å². The third-order valence-electron chi connectivity index (χ3n) is 6.88. The Balaban J connectivity index is 1.27. The molecule has 1 aromatic carbocycles. The summed E-state index contributed by atoms with van der Waals surface area (Å²) in [7, 11) is 1.61. The summed E-state index contributed by atoms with van der Waals surface area (Å²) >= 11 is 0. The van der Waals surface area contributed by atoms with Crippen LogP contribution < -0.4 is 16.4 Å². The molecule has 0 unspecified atom stereocenters. The number of benzene rings is 1. The van der Waals surface area contributed by atoms with Crippen LogP contribution in [-0.4, -0.2) is 48.6 Å². The number of rotatable bonds is 7. The third kappa shape index (κ3) is 4.95. The van der Waals surface area contributed by atoms with Gasteiger partial charge in [0.05, 0.1) is 17.6 Å². The molecule has 1 aliphatic rings. The van der Waals surface area contributed by atoms with Crippen molar-refractivity contribution in [1.29, 1.82) is 0 Å². The lowest BCUT2D eigenvalue weighted by molar-refractivity contribution is -0.143. The largest absolute Gasteiger partial charge is 0.481 e. The topological polar surface area (TPSA) is 161 Å². The van der Waals surface area contributed by atoms with Crippen molar-refractivity contribution < 1.29 is 23.9 Å². The van der Waals surface area contributed by atoms with Crippen LogP contribution in [0.15, 0.2) is 45.7 Å². The smallest absolute Gasteiger partial charge is 0.419 e. The van der Waals surface area contributed by atoms with Crippen LogP contribution in [-0.2, 0) is 18.4 Å². The second-order valence-electron chi connectivity index (χ2n) is 9.31. The predicted molar refractivity (Wildman–Crippen MR) is 131 cm³/mol. The summed E-state index contributed by atoms with van der Waals surface area (Å²) in [5.74, 6) is -2.20. The van der Waals surface area contributed by atoms with Crippen molar-refractivity contribution >= 4 is 34.5 Å². The molecule has 1 aliphatic carbocycles. The molecule has 3 N–H and O–H groups in total. The molecule has 0 spiro atoms. The Morgan fingerprint density at radius 1 is 1.08 bits per heavy atom. The fourth-order valence-corrected chi connectivity index (χ4v) is 4.69. The van der Waals surface area contributed by atoms with E-state index < -0.39 is 23.5 Å². The highest BCUT2D eigenvalue weighted by atomic mass is 16.4. The number of hydrogen-bond acceptors (Lipinski definition) is 7. The molecule has 5 rings (SSSR count). The number of carbonyl (C=O) groups is 3. The van der Waals surface area contributed by atoms with Crippen LogP contribution in [0.3, 0.4) is 0 Å². The Hall–Kier alpha value is -4.48. The van der Waals surface area contributed by atoms with E-state index >= 15 is 0 Å². The summed E-state index contributed by atoms with van der Waals surface area (Å²) in [6.45, 7) is 0.595. The number of nitrogens with one attached hydrogen (secondary N) is 2. The molecule has 4 aromatic rings. The first-order valence-electron chi connectivity index (χ1n) is 12.0. The monoisotopic (exact) mass is 506 g/mol. The molecule has 37 heavy (non-hydrogen) atoms. The number of carboxylic acids is 1. The van der Waals surface area contributed by atoms with E-state index in [4.69, 9.17) is 9.52 Å². The number of carboxylic acid groups (broad SMARTS) is 1. The summed E-state index contributed by atoms with van der Waals surface area (Å²) in [6.07, 6.45) is 4.16. The standard InChI is InChI=1S/C25H26N6O6/c1-30-18-10-15(4-7-20(18)37-25(30)36)13-26-22(32)17-11-19(31-21(29-17)8-9-28-31)23(33)27-12-14-2-5-16(6-3-14)24(34)35/h4,7-11,14,16H,2-3,5-6,12-13H2,1H3,(H,26,32)(H,27,33)(H,34,35). The van der Waals surface area contributed by atoms with Gasteiger partial charge in [0.2, 0.25) is 0 Å². The molecule has 12 heteroatoms. The number of aliphatic carboxylic acids is 1. The first-order chi connectivity index (χ1) is 17.8. The van der Waals surface area contributed by atoms with Crippen molar-refractivity contribution in [3.05, 3.63) is 64.0 Å². The maximum absolute atomic E-state index is 13.0. The van der Waals surface area contributed by atoms with Crippen molar-refractivity contribution in [3.63, 3.8) is 0 Å². The molecular weight excluding hydrogens is 480 g/mol. The number of aryl methyl sites for hydroxylation is 1.